The lowest BCUT2D eigenvalue weighted by Crippen LogP contribution is -2.46. The van der Waals surface area contributed by atoms with Gasteiger partial charge in [-0.1, -0.05) is 32.0 Å². The Morgan fingerprint density at radius 3 is 2.29 bits per heavy atom. The van der Waals surface area contributed by atoms with Crippen LogP contribution in [0.2, 0.25) is 0 Å². The Morgan fingerprint density at radius 1 is 1.24 bits per heavy atom. The number of carbonyl (C=O) groups is 2. The van der Waals surface area contributed by atoms with E-state index in [1.807, 2.05) is 19.9 Å². The molecule has 0 aromatic heterocycles. The van der Waals surface area contributed by atoms with Crippen LogP contribution in [0.25, 0.3) is 0 Å². The van der Waals surface area contributed by atoms with E-state index in [4.69, 9.17) is 5.73 Å². The van der Waals surface area contributed by atoms with Gasteiger partial charge in [-0.2, -0.15) is 0 Å². The number of carbonyl (C=O) groups excluding carboxylic acids is 2. The fraction of sp³-hybridized carbons (Fsp3) is 0.467. The molecule has 0 spiro atoms. The van der Waals surface area contributed by atoms with E-state index in [1.165, 1.54) is 12.0 Å². The molecule has 1 atom stereocenters. The molecule has 0 radical (unpaired) electrons. The molecule has 1 aromatic rings. The summed E-state index contributed by atoms with van der Waals surface area (Å²) < 4.78 is 4.64. The van der Waals surface area contributed by atoms with Gasteiger partial charge in [0, 0.05) is 5.69 Å². The fourth-order valence-electron chi connectivity index (χ4n) is 1.91. The molecule has 0 aliphatic rings. The molecule has 21 heavy (non-hydrogen) atoms. The van der Waals surface area contributed by atoms with Crippen LogP contribution in [0.3, 0.4) is 0 Å². The minimum atomic E-state index is -0.625. The third-order valence-electron chi connectivity index (χ3n) is 2.89. The van der Waals surface area contributed by atoms with Crippen molar-refractivity contribution in [2.24, 2.45) is 11.7 Å². The third kappa shape index (κ3) is 6.14. The zero-order valence-electron chi connectivity index (χ0n) is 12.6. The van der Waals surface area contributed by atoms with Crippen LogP contribution in [0.1, 0.15) is 20.3 Å². The lowest BCUT2D eigenvalue weighted by Gasteiger charge is -2.25. The standard InChI is InChI=1S/C15H22N2O3.ClH/c1-11(2)9-13(16)15(19)17(10-14(18)20-3)12-7-5-4-6-8-12;/h4-8,11,13H,9-10,16H2,1-3H3;1H/t13-;/m0./s1. The van der Waals surface area contributed by atoms with Crippen LogP contribution in [0.5, 0.6) is 0 Å². The van der Waals surface area contributed by atoms with E-state index < -0.39 is 12.0 Å². The molecule has 6 heteroatoms. The summed E-state index contributed by atoms with van der Waals surface area (Å²) in [5.74, 6) is -0.432. The monoisotopic (exact) mass is 314 g/mol. The lowest BCUT2D eigenvalue weighted by atomic mass is 10.0. The van der Waals surface area contributed by atoms with E-state index in [2.05, 4.69) is 4.74 Å². The molecule has 118 valence electrons. The van der Waals surface area contributed by atoms with Crippen molar-refractivity contribution in [1.82, 2.24) is 0 Å². The third-order valence-corrected chi connectivity index (χ3v) is 2.89. The number of methoxy groups -OCH3 is 1. The van der Waals surface area contributed by atoms with E-state index >= 15 is 0 Å². The first kappa shape index (κ1) is 19.4. The van der Waals surface area contributed by atoms with Gasteiger partial charge in [0.05, 0.1) is 13.2 Å². The van der Waals surface area contributed by atoms with Gasteiger partial charge in [0.2, 0.25) is 5.91 Å². The molecular formula is C15H23ClN2O3. The van der Waals surface area contributed by atoms with Crippen molar-refractivity contribution in [3.63, 3.8) is 0 Å². The highest BCUT2D eigenvalue weighted by molar-refractivity contribution is 6.00. The Balaban J connectivity index is 0.00000400. The van der Waals surface area contributed by atoms with Crippen LogP contribution in [0.15, 0.2) is 30.3 Å². The summed E-state index contributed by atoms with van der Waals surface area (Å²) in [6.07, 6.45) is 0.573. The second kappa shape index (κ2) is 9.37. The van der Waals surface area contributed by atoms with Gasteiger partial charge < -0.3 is 10.5 Å². The van der Waals surface area contributed by atoms with E-state index in [-0.39, 0.29) is 24.9 Å². The normalized spacial score (nSPS) is 11.5. The maximum absolute atomic E-state index is 12.4. The van der Waals surface area contributed by atoms with E-state index in [9.17, 15) is 9.59 Å². The molecule has 1 amide bonds. The number of nitrogens with two attached hydrogens (primary N) is 1. The first-order valence-electron chi connectivity index (χ1n) is 6.64. The summed E-state index contributed by atoms with van der Waals surface area (Å²) in [5.41, 5.74) is 6.57. The minimum absolute atomic E-state index is 0. The number of anilines is 1. The highest BCUT2D eigenvalue weighted by Crippen LogP contribution is 2.16. The molecule has 0 aliphatic heterocycles. The van der Waals surface area contributed by atoms with Crippen LogP contribution >= 0.6 is 12.4 Å². The largest absolute Gasteiger partial charge is 0.468 e. The Hall–Kier alpha value is -1.59. The molecule has 2 N–H and O–H groups in total. The smallest absolute Gasteiger partial charge is 0.325 e. The molecule has 0 saturated carbocycles. The maximum atomic E-state index is 12.4. The number of hydrogen-bond donors (Lipinski definition) is 1. The maximum Gasteiger partial charge on any atom is 0.325 e. The summed E-state index contributed by atoms with van der Waals surface area (Å²) in [5, 5.41) is 0. The second-order valence-corrected chi connectivity index (χ2v) is 5.07. The van der Waals surface area contributed by atoms with Crippen LogP contribution in [0, 0.1) is 5.92 Å². The molecule has 5 nitrogen and oxygen atoms in total. The number of hydrogen-bond acceptors (Lipinski definition) is 4. The summed E-state index contributed by atoms with van der Waals surface area (Å²) in [6.45, 7) is 3.87. The van der Waals surface area contributed by atoms with Crippen LogP contribution in [0.4, 0.5) is 5.69 Å². The Kier molecular flexibility index (Phi) is 8.66. The van der Waals surface area contributed by atoms with Gasteiger partial charge in [-0.15, -0.1) is 12.4 Å². The fourth-order valence-corrected chi connectivity index (χ4v) is 1.91. The van der Waals surface area contributed by atoms with Crippen molar-refractivity contribution < 1.29 is 14.3 Å². The van der Waals surface area contributed by atoms with E-state index in [0.717, 1.165) is 0 Å². The highest BCUT2D eigenvalue weighted by atomic mass is 35.5. The molecule has 0 aliphatic carbocycles. The van der Waals surface area contributed by atoms with Crippen molar-refractivity contribution in [3.05, 3.63) is 30.3 Å². The summed E-state index contributed by atoms with van der Waals surface area (Å²) in [4.78, 5) is 25.3. The van der Waals surface area contributed by atoms with Gasteiger partial charge in [0.15, 0.2) is 0 Å². The Labute approximate surface area is 131 Å². The topological polar surface area (TPSA) is 72.6 Å². The predicted octanol–water partition coefficient (Wildman–Crippen LogP) is 1.99. The van der Waals surface area contributed by atoms with Crippen molar-refractivity contribution in [1.29, 1.82) is 0 Å². The summed E-state index contributed by atoms with van der Waals surface area (Å²) >= 11 is 0. The first-order chi connectivity index (χ1) is 9.45. The number of amides is 1. The average Bonchev–Trinajstić information content (AvgIpc) is 2.43. The number of para-hydroxylation sites is 1. The average molecular weight is 315 g/mol. The van der Waals surface area contributed by atoms with Crippen LogP contribution < -0.4 is 10.6 Å². The van der Waals surface area contributed by atoms with Gasteiger partial charge in [0.1, 0.15) is 6.54 Å². The minimum Gasteiger partial charge on any atom is -0.468 e. The van der Waals surface area contributed by atoms with E-state index in [0.29, 0.717) is 18.0 Å². The predicted molar refractivity (Wildman–Crippen MR) is 85.5 cm³/mol. The second-order valence-electron chi connectivity index (χ2n) is 5.07. The van der Waals surface area contributed by atoms with Gasteiger partial charge >= 0.3 is 5.97 Å². The number of esters is 1. The molecule has 0 saturated heterocycles. The number of halogens is 1. The zero-order valence-corrected chi connectivity index (χ0v) is 13.4. The molecule has 1 aromatic carbocycles. The lowest BCUT2D eigenvalue weighted by molar-refractivity contribution is -0.140. The number of rotatable bonds is 6. The molecule has 1 rings (SSSR count). The van der Waals surface area contributed by atoms with Crippen molar-refractivity contribution in [2.75, 3.05) is 18.6 Å². The van der Waals surface area contributed by atoms with Crippen molar-refractivity contribution in [2.45, 2.75) is 26.3 Å². The highest BCUT2D eigenvalue weighted by Gasteiger charge is 2.25. The first-order valence-corrected chi connectivity index (χ1v) is 6.64. The summed E-state index contributed by atoms with van der Waals surface area (Å²) in [6, 6.07) is 8.37. The number of nitrogens with zero attached hydrogens (tertiary/aromatic N) is 1. The molecule has 0 bridgehead atoms. The molecule has 0 fully saturated rings. The van der Waals surface area contributed by atoms with Gasteiger partial charge in [-0.3, -0.25) is 14.5 Å². The number of ether oxygens (including phenoxy) is 1. The molecule has 0 unspecified atom stereocenters. The molecular weight excluding hydrogens is 292 g/mol. The van der Waals surface area contributed by atoms with Crippen molar-refractivity contribution >= 4 is 30.0 Å². The van der Waals surface area contributed by atoms with Gasteiger partial charge in [-0.25, -0.2) is 0 Å². The zero-order chi connectivity index (χ0) is 15.1. The van der Waals surface area contributed by atoms with E-state index in [1.54, 1.807) is 24.3 Å². The Morgan fingerprint density at radius 2 is 1.81 bits per heavy atom. The quantitative estimate of drug-likeness (QED) is 0.815. The Bertz CT molecular complexity index is 451. The van der Waals surface area contributed by atoms with Crippen LogP contribution in [-0.2, 0) is 14.3 Å². The summed E-state index contributed by atoms with van der Waals surface area (Å²) in [7, 11) is 1.30. The van der Waals surface area contributed by atoms with Gasteiger partial charge in [-0.05, 0) is 24.5 Å². The molecule has 0 heterocycles. The SMILES string of the molecule is COC(=O)CN(C(=O)[C@@H](N)CC(C)C)c1ccccc1.Cl. The van der Waals surface area contributed by atoms with Gasteiger partial charge in [0.25, 0.3) is 0 Å². The van der Waals surface area contributed by atoms with Crippen molar-refractivity contribution in [3.8, 4) is 0 Å². The number of benzene rings is 1. The van der Waals surface area contributed by atoms with Crippen LogP contribution in [-0.4, -0.2) is 31.6 Å².